The van der Waals surface area contributed by atoms with Crippen molar-refractivity contribution in [3.05, 3.63) is 65.7 Å². The highest BCUT2D eigenvalue weighted by Crippen LogP contribution is 2.21. The van der Waals surface area contributed by atoms with Crippen molar-refractivity contribution in [2.24, 2.45) is 0 Å². The Hall–Kier alpha value is -2.76. The van der Waals surface area contributed by atoms with E-state index in [2.05, 4.69) is 10.3 Å². The van der Waals surface area contributed by atoms with Gasteiger partial charge < -0.3 is 10.2 Å². The Balaban J connectivity index is 1.56. The molecule has 1 fully saturated rings. The largest absolute Gasteiger partial charge is 0.342 e. The second kappa shape index (κ2) is 7.88. The van der Waals surface area contributed by atoms with E-state index in [1.165, 1.54) is 18.3 Å². The van der Waals surface area contributed by atoms with E-state index in [9.17, 15) is 14.0 Å². The van der Waals surface area contributed by atoms with Gasteiger partial charge in [0, 0.05) is 18.8 Å². The number of likely N-dealkylation sites (tertiary alicyclic amines) is 1. The molecule has 1 aromatic carbocycles. The maximum atomic E-state index is 13.3. The van der Waals surface area contributed by atoms with Gasteiger partial charge in [0.15, 0.2) is 0 Å². The molecule has 1 aromatic heterocycles. The Bertz CT molecular complexity index is 751. The van der Waals surface area contributed by atoms with E-state index in [0.29, 0.717) is 13.0 Å². The third kappa shape index (κ3) is 4.41. The zero-order valence-corrected chi connectivity index (χ0v) is 13.8. The van der Waals surface area contributed by atoms with Crippen LogP contribution in [0.1, 0.15) is 28.9 Å². The Morgan fingerprint density at radius 2 is 2.12 bits per heavy atom. The fourth-order valence-electron chi connectivity index (χ4n) is 3.16. The van der Waals surface area contributed by atoms with Crippen LogP contribution in [-0.4, -0.2) is 40.8 Å². The van der Waals surface area contributed by atoms with E-state index in [1.807, 2.05) is 6.07 Å². The summed E-state index contributed by atoms with van der Waals surface area (Å²) in [5.41, 5.74) is 1.16. The normalized spacial score (nSPS) is 16.7. The van der Waals surface area contributed by atoms with Gasteiger partial charge in [0.2, 0.25) is 5.91 Å². The third-order valence-corrected chi connectivity index (χ3v) is 4.36. The highest BCUT2D eigenvalue weighted by atomic mass is 19.1. The van der Waals surface area contributed by atoms with Crippen molar-refractivity contribution in [1.29, 1.82) is 0 Å². The lowest BCUT2D eigenvalue weighted by Crippen LogP contribution is -2.43. The van der Waals surface area contributed by atoms with Gasteiger partial charge in [0.05, 0.1) is 6.54 Å². The summed E-state index contributed by atoms with van der Waals surface area (Å²) in [7, 11) is 0. The number of benzene rings is 1. The van der Waals surface area contributed by atoms with E-state index >= 15 is 0 Å². The number of pyridine rings is 1. The van der Waals surface area contributed by atoms with Crippen LogP contribution < -0.4 is 5.32 Å². The lowest BCUT2D eigenvalue weighted by Gasteiger charge is -2.25. The van der Waals surface area contributed by atoms with Gasteiger partial charge >= 0.3 is 0 Å². The molecule has 0 radical (unpaired) electrons. The van der Waals surface area contributed by atoms with Crippen LogP contribution in [0.25, 0.3) is 0 Å². The van der Waals surface area contributed by atoms with Gasteiger partial charge in [0.25, 0.3) is 5.91 Å². The minimum Gasteiger partial charge on any atom is -0.342 e. The van der Waals surface area contributed by atoms with Gasteiger partial charge in [0.1, 0.15) is 11.5 Å². The third-order valence-electron chi connectivity index (χ3n) is 4.36. The van der Waals surface area contributed by atoms with Crippen molar-refractivity contribution in [2.75, 3.05) is 13.1 Å². The number of nitrogens with one attached hydrogen (secondary N) is 1. The number of rotatable bonds is 5. The van der Waals surface area contributed by atoms with Crippen LogP contribution >= 0.6 is 0 Å². The summed E-state index contributed by atoms with van der Waals surface area (Å²) >= 11 is 0. The van der Waals surface area contributed by atoms with Gasteiger partial charge in [-0.25, -0.2) is 4.39 Å². The number of hydrogen-bond donors (Lipinski definition) is 1. The molecule has 0 aliphatic carbocycles. The minimum atomic E-state index is -0.366. The first-order valence-electron chi connectivity index (χ1n) is 8.36. The fraction of sp³-hybridized carbons (Fsp3) is 0.316. The molecule has 5 nitrogen and oxygen atoms in total. The number of carbonyl (C=O) groups is 2. The number of amides is 2. The zero-order chi connectivity index (χ0) is 17.6. The molecule has 0 unspecified atom stereocenters. The lowest BCUT2D eigenvalue weighted by molar-refractivity contribution is -0.130. The van der Waals surface area contributed by atoms with E-state index in [4.69, 9.17) is 0 Å². The van der Waals surface area contributed by atoms with Crippen LogP contribution in [0.2, 0.25) is 0 Å². The molecule has 0 bridgehead atoms. The molecule has 1 atom stereocenters. The van der Waals surface area contributed by atoms with Gasteiger partial charge in [-0.15, -0.1) is 0 Å². The van der Waals surface area contributed by atoms with Crippen LogP contribution in [-0.2, 0) is 11.2 Å². The topological polar surface area (TPSA) is 62.3 Å². The number of hydrogen-bond acceptors (Lipinski definition) is 3. The van der Waals surface area contributed by atoms with E-state index in [-0.39, 0.29) is 35.9 Å². The molecular weight excluding hydrogens is 321 g/mol. The molecular formula is C19H20FN3O2. The maximum absolute atomic E-state index is 13.3. The van der Waals surface area contributed by atoms with Crippen LogP contribution in [0.15, 0.2) is 48.7 Å². The second-order valence-corrected chi connectivity index (χ2v) is 6.11. The summed E-state index contributed by atoms with van der Waals surface area (Å²) < 4.78 is 13.3. The molecule has 6 heteroatoms. The maximum Gasteiger partial charge on any atom is 0.270 e. The molecule has 0 spiro atoms. The number of carbonyl (C=O) groups excluding carboxylic acids is 2. The summed E-state index contributed by atoms with van der Waals surface area (Å²) in [5, 5.41) is 2.62. The molecule has 130 valence electrons. The standard InChI is InChI=1S/C19H20FN3O2/c20-15-6-3-5-14(11-15)12-16-7-4-10-23(16)18(24)13-22-19(25)17-8-1-2-9-21-17/h1-3,5-6,8-9,11,16H,4,7,10,12-13H2,(H,22,25)/t16-/m0/s1. The predicted octanol–water partition coefficient (Wildman–Crippen LogP) is 2.18. The molecule has 1 aliphatic rings. The molecule has 25 heavy (non-hydrogen) atoms. The van der Waals surface area contributed by atoms with Crippen molar-refractivity contribution < 1.29 is 14.0 Å². The first-order valence-corrected chi connectivity index (χ1v) is 8.36. The van der Waals surface area contributed by atoms with Gasteiger partial charge in [-0.2, -0.15) is 0 Å². The second-order valence-electron chi connectivity index (χ2n) is 6.11. The smallest absolute Gasteiger partial charge is 0.270 e. The van der Waals surface area contributed by atoms with Crippen molar-refractivity contribution in [3.8, 4) is 0 Å². The first kappa shape index (κ1) is 17.1. The molecule has 1 N–H and O–H groups in total. The Morgan fingerprint density at radius 1 is 1.24 bits per heavy atom. The molecule has 1 saturated heterocycles. The van der Waals surface area contributed by atoms with Gasteiger partial charge in [-0.3, -0.25) is 14.6 Å². The number of halogens is 1. The molecule has 2 heterocycles. The highest BCUT2D eigenvalue weighted by Gasteiger charge is 2.28. The Kier molecular flexibility index (Phi) is 5.38. The van der Waals surface area contributed by atoms with Crippen molar-refractivity contribution in [1.82, 2.24) is 15.2 Å². The van der Waals surface area contributed by atoms with Gasteiger partial charge in [-0.1, -0.05) is 18.2 Å². The Labute approximate surface area is 145 Å². The Morgan fingerprint density at radius 3 is 2.88 bits per heavy atom. The quantitative estimate of drug-likeness (QED) is 0.907. The van der Waals surface area contributed by atoms with E-state index in [1.54, 1.807) is 29.2 Å². The van der Waals surface area contributed by atoms with Crippen LogP contribution in [0, 0.1) is 5.82 Å². The van der Waals surface area contributed by atoms with Crippen molar-refractivity contribution in [3.63, 3.8) is 0 Å². The fourth-order valence-corrected chi connectivity index (χ4v) is 3.16. The molecule has 2 amide bonds. The summed E-state index contributed by atoms with van der Waals surface area (Å²) in [6.07, 6.45) is 3.96. The van der Waals surface area contributed by atoms with E-state index < -0.39 is 0 Å². The van der Waals surface area contributed by atoms with E-state index in [0.717, 1.165) is 18.4 Å². The van der Waals surface area contributed by atoms with Gasteiger partial charge in [-0.05, 0) is 49.1 Å². The minimum absolute atomic E-state index is 0.0426. The predicted molar refractivity (Wildman–Crippen MR) is 91.4 cm³/mol. The molecule has 1 aliphatic heterocycles. The summed E-state index contributed by atoms with van der Waals surface area (Å²) in [4.78, 5) is 30.2. The SMILES string of the molecule is O=C(NCC(=O)N1CCC[C@H]1Cc1cccc(F)c1)c1ccccn1. The van der Waals surface area contributed by atoms with Crippen LogP contribution in [0.5, 0.6) is 0 Å². The summed E-state index contributed by atoms with van der Waals surface area (Å²) in [6, 6.07) is 11.6. The molecule has 3 rings (SSSR count). The monoisotopic (exact) mass is 341 g/mol. The average molecular weight is 341 g/mol. The highest BCUT2D eigenvalue weighted by molar-refractivity contribution is 5.94. The summed E-state index contributed by atoms with van der Waals surface area (Å²) in [5.74, 6) is -0.756. The molecule has 0 saturated carbocycles. The summed E-state index contributed by atoms with van der Waals surface area (Å²) in [6.45, 7) is 0.604. The molecule has 2 aromatic rings. The number of aromatic nitrogens is 1. The van der Waals surface area contributed by atoms with Crippen LogP contribution in [0.4, 0.5) is 4.39 Å². The van der Waals surface area contributed by atoms with Crippen LogP contribution in [0.3, 0.4) is 0 Å². The first-order chi connectivity index (χ1) is 12.1. The average Bonchev–Trinajstić information content (AvgIpc) is 3.08. The van der Waals surface area contributed by atoms with Crippen molar-refractivity contribution in [2.45, 2.75) is 25.3 Å². The lowest BCUT2D eigenvalue weighted by atomic mass is 10.0. The van der Waals surface area contributed by atoms with Crippen molar-refractivity contribution >= 4 is 11.8 Å². The zero-order valence-electron chi connectivity index (χ0n) is 13.8. The number of nitrogens with zero attached hydrogens (tertiary/aromatic N) is 2.